The van der Waals surface area contributed by atoms with Gasteiger partial charge >= 0.3 is 6.03 Å². The first-order valence-corrected chi connectivity index (χ1v) is 11.5. The molecule has 1 saturated heterocycles. The molecule has 30 heavy (non-hydrogen) atoms. The number of benzene rings is 1. The zero-order valence-electron chi connectivity index (χ0n) is 18.5. The molecule has 0 aromatic heterocycles. The number of nitrogens with one attached hydrogen (secondary N) is 3. The van der Waals surface area contributed by atoms with E-state index in [0.29, 0.717) is 6.54 Å². The van der Waals surface area contributed by atoms with Gasteiger partial charge in [0.2, 0.25) is 5.91 Å². The van der Waals surface area contributed by atoms with E-state index < -0.39 is 0 Å². The molecule has 166 valence electrons. The van der Waals surface area contributed by atoms with Crippen LogP contribution in [0.2, 0.25) is 0 Å². The average molecular weight is 416 g/mol. The molecule has 1 saturated carbocycles. The van der Waals surface area contributed by atoms with E-state index in [1.54, 1.807) is 0 Å². The van der Waals surface area contributed by atoms with Gasteiger partial charge in [-0.25, -0.2) is 4.79 Å². The van der Waals surface area contributed by atoms with Gasteiger partial charge in [0.1, 0.15) is 0 Å². The number of carbonyl (C=O) groups is 2. The second kappa shape index (κ2) is 11.2. The van der Waals surface area contributed by atoms with Crippen molar-refractivity contribution in [2.45, 2.75) is 58.4 Å². The summed E-state index contributed by atoms with van der Waals surface area (Å²) in [4.78, 5) is 29.1. The molecule has 2 fully saturated rings. The Labute approximate surface area is 180 Å². The lowest BCUT2D eigenvalue weighted by Gasteiger charge is -2.35. The number of hydrogen-bond donors (Lipinski definition) is 3. The quantitative estimate of drug-likeness (QED) is 0.640. The van der Waals surface area contributed by atoms with Crippen LogP contribution in [0, 0.1) is 6.92 Å². The van der Waals surface area contributed by atoms with Crippen LogP contribution in [0.5, 0.6) is 0 Å². The van der Waals surface area contributed by atoms with Gasteiger partial charge in [0.15, 0.2) is 0 Å². The fraction of sp³-hybridized carbons (Fsp3) is 0.652. The van der Waals surface area contributed by atoms with Crippen LogP contribution >= 0.6 is 0 Å². The van der Waals surface area contributed by atoms with Gasteiger partial charge in [0.25, 0.3) is 0 Å². The summed E-state index contributed by atoms with van der Waals surface area (Å²) in [5.41, 5.74) is 3.10. The fourth-order valence-corrected chi connectivity index (χ4v) is 4.29. The maximum atomic E-state index is 12.3. The van der Waals surface area contributed by atoms with Gasteiger partial charge < -0.3 is 25.8 Å². The predicted molar refractivity (Wildman–Crippen MR) is 122 cm³/mol. The number of piperazine rings is 1. The molecule has 3 N–H and O–H groups in total. The summed E-state index contributed by atoms with van der Waals surface area (Å²) in [6.45, 7) is 9.93. The Bertz CT molecular complexity index is 710. The van der Waals surface area contributed by atoms with Crippen molar-refractivity contribution in [3.63, 3.8) is 0 Å². The van der Waals surface area contributed by atoms with Crippen molar-refractivity contribution >= 4 is 23.3 Å². The number of urea groups is 1. The average Bonchev–Trinajstić information content (AvgIpc) is 2.76. The second-order valence-corrected chi connectivity index (χ2v) is 8.45. The van der Waals surface area contributed by atoms with Crippen molar-refractivity contribution in [1.29, 1.82) is 0 Å². The number of carbonyl (C=O) groups excluding carboxylic acids is 2. The minimum absolute atomic E-state index is 0.0830. The monoisotopic (exact) mass is 415 g/mol. The summed E-state index contributed by atoms with van der Waals surface area (Å²) in [5, 5.41) is 8.78. The molecule has 0 radical (unpaired) electrons. The number of amides is 3. The smallest absolute Gasteiger partial charge is 0.315 e. The van der Waals surface area contributed by atoms with Crippen LogP contribution in [0.15, 0.2) is 18.2 Å². The summed E-state index contributed by atoms with van der Waals surface area (Å²) in [5.74, 6) is -0.0830. The molecule has 0 bridgehead atoms. The highest BCUT2D eigenvalue weighted by Crippen LogP contribution is 2.24. The first-order valence-electron chi connectivity index (χ1n) is 11.5. The van der Waals surface area contributed by atoms with Gasteiger partial charge in [-0.1, -0.05) is 26.2 Å². The third-order valence-corrected chi connectivity index (χ3v) is 6.25. The molecule has 0 spiro atoms. The Balaban J connectivity index is 1.40. The van der Waals surface area contributed by atoms with E-state index in [1.807, 2.05) is 13.0 Å². The Kier molecular flexibility index (Phi) is 8.37. The number of nitrogens with zero attached hydrogens (tertiary/aromatic N) is 2. The lowest BCUT2D eigenvalue weighted by molar-refractivity contribution is -0.116. The Hall–Kier alpha value is -2.28. The predicted octanol–water partition coefficient (Wildman–Crippen LogP) is 3.10. The number of anilines is 2. The lowest BCUT2D eigenvalue weighted by atomic mass is 9.96. The first-order chi connectivity index (χ1) is 14.5. The van der Waals surface area contributed by atoms with Crippen LogP contribution in [-0.2, 0) is 4.79 Å². The van der Waals surface area contributed by atoms with E-state index in [2.05, 4.69) is 44.8 Å². The number of rotatable bonds is 7. The third-order valence-electron chi connectivity index (χ3n) is 6.25. The minimum Gasteiger partial charge on any atom is -0.369 e. The Morgan fingerprint density at radius 3 is 2.47 bits per heavy atom. The molecule has 3 amide bonds. The highest BCUT2D eigenvalue weighted by molar-refractivity contribution is 5.92. The molecular weight excluding hydrogens is 378 g/mol. The normalized spacial score (nSPS) is 18.1. The van der Waals surface area contributed by atoms with Crippen LogP contribution in [-0.4, -0.2) is 62.1 Å². The van der Waals surface area contributed by atoms with E-state index in [-0.39, 0.29) is 24.4 Å². The van der Waals surface area contributed by atoms with Crippen LogP contribution in [0.3, 0.4) is 0 Å². The summed E-state index contributed by atoms with van der Waals surface area (Å²) >= 11 is 0. The maximum absolute atomic E-state index is 12.3. The molecule has 0 unspecified atom stereocenters. The van der Waals surface area contributed by atoms with Crippen LogP contribution < -0.4 is 20.9 Å². The van der Waals surface area contributed by atoms with E-state index >= 15 is 0 Å². The van der Waals surface area contributed by atoms with E-state index in [9.17, 15) is 9.59 Å². The second-order valence-electron chi connectivity index (χ2n) is 8.45. The SMILES string of the molecule is CCN1CCN(c2ccc(NC(=O)CCNC(=O)NC3CCCCC3)c(C)c2)CC1. The number of likely N-dealkylation sites (N-methyl/N-ethyl adjacent to an activating group) is 1. The summed E-state index contributed by atoms with van der Waals surface area (Å²) in [6, 6.07) is 6.32. The largest absolute Gasteiger partial charge is 0.369 e. The van der Waals surface area contributed by atoms with Gasteiger partial charge in [-0.05, 0) is 50.1 Å². The molecule has 7 nitrogen and oxygen atoms in total. The maximum Gasteiger partial charge on any atom is 0.315 e. The van der Waals surface area contributed by atoms with Gasteiger partial charge in [0.05, 0.1) is 0 Å². The van der Waals surface area contributed by atoms with Crippen molar-refractivity contribution in [3.8, 4) is 0 Å². The molecular formula is C23H37N5O2. The van der Waals surface area contributed by atoms with Crippen molar-refractivity contribution in [3.05, 3.63) is 23.8 Å². The van der Waals surface area contributed by atoms with E-state index in [4.69, 9.17) is 0 Å². The summed E-state index contributed by atoms with van der Waals surface area (Å²) in [6.07, 6.45) is 5.99. The highest BCUT2D eigenvalue weighted by Gasteiger charge is 2.17. The standard InChI is InChI=1S/C23H37N5O2/c1-3-27-13-15-28(16-14-27)20-9-10-21(18(2)17-20)26-22(29)11-12-24-23(30)25-19-7-5-4-6-8-19/h9-10,17,19H,3-8,11-16H2,1-2H3,(H,26,29)(H2,24,25,30). The molecule has 1 heterocycles. The third kappa shape index (κ3) is 6.62. The molecule has 0 atom stereocenters. The number of hydrogen-bond acceptors (Lipinski definition) is 4. The van der Waals surface area contributed by atoms with Gasteiger partial charge in [-0.3, -0.25) is 4.79 Å². The molecule has 2 aliphatic rings. The molecule has 1 aromatic carbocycles. The van der Waals surface area contributed by atoms with Gasteiger partial charge in [0, 0.05) is 56.6 Å². The van der Waals surface area contributed by atoms with Crippen LogP contribution in [0.1, 0.15) is 51.0 Å². The van der Waals surface area contributed by atoms with Gasteiger partial charge in [-0.15, -0.1) is 0 Å². The number of aryl methyl sites for hydroxylation is 1. The highest BCUT2D eigenvalue weighted by atomic mass is 16.2. The Morgan fingerprint density at radius 2 is 1.80 bits per heavy atom. The molecule has 1 aliphatic heterocycles. The zero-order chi connectivity index (χ0) is 21.3. The van der Waals surface area contributed by atoms with Crippen molar-refractivity contribution in [1.82, 2.24) is 15.5 Å². The summed E-state index contributed by atoms with van der Waals surface area (Å²) in [7, 11) is 0. The van der Waals surface area contributed by atoms with E-state index in [0.717, 1.165) is 56.8 Å². The van der Waals surface area contributed by atoms with Gasteiger partial charge in [-0.2, -0.15) is 0 Å². The topological polar surface area (TPSA) is 76.7 Å². The molecule has 3 rings (SSSR count). The minimum atomic E-state index is -0.168. The van der Waals surface area contributed by atoms with E-state index in [1.165, 1.54) is 24.9 Å². The molecule has 7 heteroatoms. The lowest BCUT2D eigenvalue weighted by Crippen LogP contribution is -2.46. The van der Waals surface area contributed by atoms with Crippen molar-refractivity contribution in [2.75, 3.05) is 49.5 Å². The van der Waals surface area contributed by atoms with Crippen molar-refractivity contribution < 1.29 is 9.59 Å². The first kappa shape index (κ1) is 22.4. The van der Waals surface area contributed by atoms with Crippen molar-refractivity contribution in [2.24, 2.45) is 0 Å². The Morgan fingerprint density at radius 1 is 1.07 bits per heavy atom. The molecule has 1 aromatic rings. The van der Waals surface area contributed by atoms with Crippen LogP contribution in [0.4, 0.5) is 16.2 Å². The fourth-order valence-electron chi connectivity index (χ4n) is 4.29. The van der Waals surface area contributed by atoms with Crippen LogP contribution in [0.25, 0.3) is 0 Å². The summed E-state index contributed by atoms with van der Waals surface area (Å²) < 4.78 is 0. The molecule has 1 aliphatic carbocycles. The zero-order valence-corrected chi connectivity index (χ0v) is 18.5.